The van der Waals surface area contributed by atoms with Crippen molar-refractivity contribution >= 4 is 11.3 Å². The fourth-order valence-electron chi connectivity index (χ4n) is 2.28. The lowest BCUT2D eigenvalue weighted by atomic mass is 10.1. The summed E-state index contributed by atoms with van der Waals surface area (Å²) < 4.78 is 5.29. The van der Waals surface area contributed by atoms with Crippen LogP contribution in [0.15, 0.2) is 46.4 Å². The van der Waals surface area contributed by atoms with Crippen molar-refractivity contribution in [2.75, 3.05) is 6.54 Å². The van der Waals surface area contributed by atoms with Gasteiger partial charge in [-0.1, -0.05) is 12.1 Å². The zero-order chi connectivity index (χ0) is 15.4. The number of nitrogens with zero attached hydrogens (tertiary/aromatic N) is 1. The van der Waals surface area contributed by atoms with Gasteiger partial charge in [-0.25, -0.2) is 4.98 Å². The maximum Gasteiger partial charge on any atom is 0.117 e. The van der Waals surface area contributed by atoms with Crippen molar-refractivity contribution < 1.29 is 4.42 Å². The Labute approximate surface area is 135 Å². The number of aromatic nitrogens is 1. The smallest absolute Gasteiger partial charge is 0.117 e. The van der Waals surface area contributed by atoms with Crippen molar-refractivity contribution in [1.29, 1.82) is 0 Å². The molecule has 0 atom stereocenters. The molecule has 0 radical (unpaired) electrons. The molecule has 0 bridgehead atoms. The van der Waals surface area contributed by atoms with E-state index in [-0.39, 0.29) is 0 Å². The first-order valence-electron chi connectivity index (χ1n) is 7.47. The molecule has 4 heteroatoms. The van der Waals surface area contributed by atoms with Gasteiger partial charge in [0.05, 0.1) is 23.5 Å². The van der Waals surface area contributed by atoms with Gasteiger partial charge >= 0.3 is 0 Å². The molecule has 114 valence electrons. The average molecular weight is 312 g/mol. The molecule has 0 aliphatic rings. The van der Waals surface area contributed by atoms with Gasteiger partial charge in [0.15, 0.2) is 0 Å². The molecule has 0 amide bonds. The molecule has 22 heavy (non-hydrogen) atoms. The molecule has 0 saturated carbocycles. The van der Waals surface area contributed by atoms with Crippen LogP contribution in [-0.4, -0.2) is 11.5 Å². The minimum atomic E-state index is 0.766. The van der Waals surface area contributed by atoms with Crippen LogP contribution in [0.25, 0.3) is 11.3 Å². The lowest BCUT2D eigenvalue weighted by Gasteiger charge is -2.02. The summed E-state index contributed by atoms with van der Waals surface area (Å²) >= 11 is 1.73. The normalized spacial score (nSPS) is 11.0. The maximum atomic E-state index is 5.29. The Morgan fingerprint density at radius 1 is 1.18 bits per heavy atom. The summed E-state index contributed by atoms with van der Waals surface area (Å²) in [6.45, 7) is 5.95. The second kappa shape index (κ2) is 6.90. The maximum absolute atomic E-state index is 5.29. The first kappa shape index (κ1) is 15.0. The van der Waals surface area contributed by atoms with Gasteiger partial charge in [-0.05, 0) is 43.2 Å². The lowest BCUT2D eigenvalue weighted by Crippen LogP contribution is -2.16. The highest BCUT2D eigenvalue weighted by Gasteiger charge is 2.06. The predicted molar refractivity (Wildman–Crippen MR) is 91.1 cm³/mol. The fraction of sp³-hybridized carbons (Fsp3) is 0.278. The molecule has 3 aromatic rings. The Morgan fingerprint density at radius 2 is 2.09 bits per heavy atom. The molecular weight excluding hydrogens is 292 g/mol. The van der Waals surface area contributed by atoms with E-state index in [1.807, 2.05) is 12.1 Å². The summed E-state index contributed by atoms with van der Waals surface area (Å²) in [7, 11) is 0. The number of hydrogen-bond acceptors (Lipinski definition) is 4. The van der Waals surface area contributed by atoms with E-state index in [0.717, 1.165) is 31.0 Å². The molecule has 0 unspecified atom stereocenters. The topological polar surface area (TPSA) is 38.1 Å². The van der Waals surface area contributed by atoms with Crippen LogP contribution < -0.4 is 5.32 Å². The highest BCUT2D eigenvalue weighted by molar-refractivity contribution is 7.09. The zero-order valence-corrected chi connectivity index (χ0v) is 13.7. The van der Waals surface area contributed by atoms with E-state index in [1.165, 1.54) is 21.7 Å². The van der Waals surface area contributed by atoms with Gasteiger partial charge in [0.2, 0.25) is 0 Å². The Morgan fingerprint density at radius 3 is 2.86 bits per heavy atom. The summed E-state index contributed by atoms with van der Waals surface area (Å²) in [4.78, 5) is 4.74. The summed E-state index contributed by atoms with van der Waals surface area (Å²) in [6, 6.07) is 10.4. The number of aryl methyl sites for hydroxylation is 2. The summed E-state index contributed by atoms with van der Waals surface area (Å²) in [5, 5.41) is 6.69. The molecule has 0 aliphatic carbocycles. The highest BCUT2D eigenvalue weighted by atomic mass is 32.1. The van der Waals surface area contributed by atoms with Gasteiger partial charge < -0.3 is 9.73 Å². The summed E-state index contributed by atoms with van der Waals surface area (Å²) in [5.74, 6) is 0.968. The van der Waals surface area contributed by atoms with Crippen molar-refractivity contribution in [3.05, 3.63) is 63.9 Å². The second-order valence-corrected chi connectivity index (χ2v) is 6.37. The van der Waals surface area contributed by atoms with Crippen molar-refractivity contribution in [3.63, 3.8) is 0 Å². The van der Waals surface area contributed by atoms with Crippen LogP contribution in [0.3, 0.4) is 0 Å². The van der Waals surface area contributed by atoms with Crippen LogP contribution >= 0.6 is 11.3 Å². The Hall–Kier alpha value is -1.91. The molecule has 0 aliphatic heterocycles. The number of nitrogens with one attached hydrogen (secondary N) is 1. The van der Waals surface area contributed by atoms with E-state index in [2.05, 4.69) is 42.7 Å². The number of thiazole rings is 1. The van der Waals surface area contributed by atoms with Gasteiger partial charge in [0.25, 0.3) is 0 Å². The largest absolute Gasteiger partial charge is 0.468 e. The monoisotopic (exact) mass is 312 g/mol. The number of rotatable bonds is 6. The van der Waals surface area contributed by atoms with Crippen LogP contribution in [0.4, 0.5) is 0 Å². The van der Waals surface area contributed by atoms with Crippen LogP contribution in [0.5, 0.6) is 0 Å². The molecule has 0 saturated heterocycles. The van der Waals surface area contributed by atoms with Crippen molar-refractivity contribution in [2.45, 2.75) is 26.8 Å². The van der Waals surface area contributed by atoms with Gasteiger partial charge in [-0.3, -0.25) is 0 Å². The van der Waals surface area contributed by atoms with E-state index in [4.69, 9.17) is 9.40 Å². The van der Waals surface area contributed by atoms with Crippen molar-refractivity contribution in [1.82, 2.24) is 10.3 Å². The van der Waals surface area contributed by atoms with Crippen LogP contribution in [-0.2, 0) is 13.0 Å². The predicted octanol–water partition coefficient (Wildman–Crippen LogP) is 4.35. The highest BCUT2D eigenvalue weighted by Crippen LogP contribution is 2.24. The van der Waals surface area contributed by atoms with E-state index >= 15 is 0 Å². The lowest BCUT2D eigenvalue weighted by molar-refractivity contribution is 0.484. The molecule has 2 heterocycles. The number of benzene rings is 1. The molecule has 1 aromatic carbocycles. The first-order valence-corrected chi connectivity index (χ1v) is 8.35. The summed E-state index contributed by atoms with van der Waals surface area (Å²) in [6.07, 6.45) is 2.64. The Bertz CT molecular complexity index is 731. The number of furan rings is 1. The molecule has 0 fully saturated rings. The molecular formula is C18H20N2OS. The average Bonchev–Trinajstić information content (AvgIpc) is 3.18. The van der Waals surface area contributed by atoms with Crippen LogP contribution in [0.2, 0.25) is 0 Å². The van der Waals surface area contributed by atoms with E-state index < -0.39 is 0 Å². The summed E-state index contributed by atoms with van der Waals surface area (Å²) in [5.41, 5.74) is 4.91. The standard InChI is InChI=1S/C18H20N2OS/c1-13-5-6-15(10-14(13)2)17-12-22-18(20-17)7-8-19-11-16-4-3-9-21-16/h3-6,9-10,12,19H,7-8,11H2,1-2H3. The van der Waals surface area contributed by atoms with E-state index in [1.54, 1.807) is 17.6 Å². The molecule has 3 nitrogen and oxygen atoms in total. The SMILES string of the molecule is Cc1ccc(-c2csc(CCNCc3ccco3)n2)cc1C. The van der Waals surface area contributed by atoms with E-state index in [0.29, 0.717) is 0 Å². The van der Waals surface area contributed by atoms with E-state index in [9.17, 15) is 0 Å². The minimum Gasteiger partial charge on any atom is -0.468 e. The van der Waals surface area contributed by atoms with Crippen LogP contribution in [0, 0.1) is 13.8 Å². The van der Waals surface area contributed by atoms with Gasteiger partial charge in [-0.2, -0.15) is 0 Å². The van der Waals surface area contributed by atoms with Crippen molar-refractivity contribution in [2.24, 2.45) is 0 Å². The fourth-order valence-corrected chi connectivity index (χ4v) is 3.09. The van der Waals surface area contributed by atoms with Crippen molar-refractivity contribution in [3.8, 4) is 11.3 Å². The number of hydrogen-bond donors (Lipinski definition) is 1. The minimum absolute atomic E-state index is 0.766. The first-order chi connectivity index (χ1) is 10.7. The zero-order valence-electron chi connectivity index (χ0n) is 12.9. The third-order valence-electron chi connectivity index (χ3n) is 3.75. The molecule has 3 rings (SSSR count). The Kier molecular flexibility index (Phi) is 4.71. The Balaban J connectivity index is 1.55. The molecule has 0 spiro atoms. The third-order valence-corrected chi connectivity index (χ3v) is 4.66. The van der Waals surface area contributed by atoms with Gasteiger partial charge in [0.1, 0.15) is 5.76 Å². The van der Waals surface area contributed by atoms with Gasteiger partial charge in [-0.15, -0.1) is 11.3 Å². The second-order valence-electron chi connectivity index (χ2n) is 5.43. The quantitative estimate of drug-likeness (QED) is 0.688. The van der Waals surface area contributed by atoms with Crippen LogP contribution in [0.1, 0.15) is 21.9 Å². The van der Waals surface area contributed by atoms with Gasteiger partial charge in [0, 0.05) is 23.9 Å². The third kappa shape index (κ3) is 3.64. The molecule has 2 aromatic heterocycles. The molecule has 1 N–H and O–H groups in total.